The van der Waals surface area contributed by atoms with E-state index in [1.807, 2.05) is 0 Å². The fourth-order valence-corrected chi connectivity index (χ4v) is 0.702. The maximum absolute atomic E-state index is 11.1. The molecule has 0 rings (SSSR count). The minimum atomic E-state index is -0.612. The van der Waals surface area contributed by atoms with Crippen molar-refractivity contribution < 1.29 is 19.2 Å². The average Bonchev–Trinajstić information content (AvgIpc) is 2.03. The van der Waals surface area contributed by atoms with E-state index in [-0.39, 0.29) is 24.5 Å². The van der Waals surface area contributed by atoms with Crippen LogP contribution < -0.4 is 0 Å². The van der Waals surface area contributed by atoms with Crippen LogP contribution >= 0.6 is 0 Å². The van der Waals surface area contributed by atoms with Crippen molar-refractivity contribution in [2.24, 2.45) is 5.16 Å². The quantitative estimate of drug-likeness (QED) is 0.358. The van der Waals surface area contributed by atoms with Crippen LogP contribution in [0.15, 0.2) is 5.16 Å². The van der Waals surface area contributed by atoms with Crippen molar-refractivity contribution in [2.75, 3.05) is 13.7 Å². The third-order valence-corrected chi connectivity index (χ3v) is 1.13. The Labute approximate surface area is 76.7 Å². The van der Waals surface area contributed by atoms with Gasteiger partial charge in [-0.1, -0.05) is 5.16 Å². The van der Waals surface area contributed by atoms with E-state index in [4.69, 9.17) is 0 Å². The van der Waals surface area contributed by atoms with Gasteiger partial charge in [0.15, 0.2) is 5.71 Å². The SMILES string of the molecule is CCOC(=O)/C(CC(C)=O)=N\OC. The molecule has 0 aliphatic carbocycles. The van der Waals surface area contributed by atoms with E-state index in [1.165, 1.54) is 14.0 Å². The van der Waals surface area contributed by atoms with Crippen LogP contribution in [-0.4, -0.2) is 31.2 Å². The van der Waals surface area contributed by atoms with E-state index in [1.54, 1.807) is 6.92 Å². The Hall–Kier alpha value is -1.39. The first-order valence-electron chi connectivity index (χ1n) is 3.88. The maximum Gasteiger partial charge on any atom is 0.356 e. The standard InChI is InChI=1S/C8H13NO4/c1-4-13-8(11)7(9-12-3)5-6(2)10/h4-5H2,1-3H3/b9-7-. The minimum Gasteiger partial charge on any atom is -0.461 e. The molecule has 13 heavy (non-hydrogen) atoms. The predicted octanol–water partition coefficient (Wildman–Crippen LogP) is 0.531. The lowest BCUT2D eigenvalue weighted by atomic mass is 10.2. The fourth-order valence-electron chi connectivity index (χ4n) is 0.702. The number of nitrogens with zero attached hydrogens (tertiary/aromatic N) is 1. The molecule has 0 amide bonds. The summed E-state index contributed by atoms with van der Waals surface area (Å²) in [6.45, 7) is 3.29. The molecule has 0 spiro atoms. The second-order valence-electron chi connectivity index (χ2n) is 2.32. The molecule has 5 nitrogen and oxygen atoms in total. The van der Waals surface area contributed by atoms with E-state index < -0.39 is 5.97 Å². The predicted molar refractivity (Wildman–Crippen MR) is 46.4 cm³/mol. The zero-order valence-electron chi connectivity index (χ0n) is 7.99. The molecule has 0 aromatic heterocycles. The molecule has 0 saturated carbocycles. The number of oxime groups is 1. The number of hydrogen-bond acceptors (Lipinski definition) is 5. The Balaban J connectivity index is 4.33. The number of hydrogen-bond donors (Lipinski definition) is 0. The van der Waals surface area contributed by atoms with Crippen molar-refractivity contribution in [3.05, 3.63) is 0 Å². The Bertz CT molecular complexity index is 222. The fraction of sp³-hybridized carbons (Fsp3) is 0.625. The molecule has 0 aromatic carbocycles. The Kier molecular flexibility index (Phi) is 5.50. The number of esters is 1. The summed E-state index contributed by atoms with van der Waals surface area (Å²) in [6.07, 6.45) is -0.0628. The van der Waals surface area contributed by atoms with Crippen LogP contribution in [0.25, 0.3) is 0 Å². The molecule has 0 atom stereocenters. The van der Waals surface area contributed by atoms with Gasteiger partial charge in [-0.2, -0.15) is 0 Å². The number of ketones is 1. The van der Waals surface area contributed by atoms with Gasteiger partial charge in [0, 0.05) is 0 Å². The molecule has 5 heteroatoms. The molecular formula is C8H13NO4. The molecule has 0 bridgehead atoms. The average molecular weight is 187 g/mol. The van der Waals surface area contributed by atoms with E-state index in [9.17, 15) is 9.59 Å². The lowest BCUT2D eigenvalue weighted by Gasteiger charge is -2.02. The van der Waals surface area contributed by atoms with Crippen molar-refractivity contribution in [1.82, 2.24) is 0 Å². The molecule has 0 heterocycles. The van der Waals surface area contributed by atoms with Gasteiger partial charge in [-0.15, -0.1) is 0 Å². The van der Waals surface area contributed by atoms with Crippen LogP contribution in [0.2, 0.25) is 0 Å². The number of ether oxygens (including phenoxy) is 1. The second-order valence-corrected chi connectivity index (χ2v) is 2.32. The van der Waals surface area contributed by atoms with Gasteiger partial charge in [-0.25, -0.2) is 4.79 Å². The topological polar surface area (TPSA) is 65.0 Å². The van der Waals surface area contributed by atoms with Gasteiger partial charge in [-0.3, -0.25) is 4.79 Å². The molecule has 0 unspecified atom stereocenters. The van der Waals surface area contributed by atoms with Crippen LogP contribution in [0.5, 0.6) is 0 Å². The summed E-state index contributed by atoms with van der Waals surface area (Å²) < 4.78 is 4.66. The number of carbonyl (C=O) groups excluding carboxylic acids is 2. The Morgan fingerprint density at radius 1 is 1.38 bits per heavy atom. The van der Waals surface area contributed by atoms with Gasteiger partial charge < -0.3 is 9.57 Å². The first-order valence-corrected chi connectivity index (χ1v) is 3.88. The zero-order valence-corrected chi connectivity index (χ0v) is 7.99. The molecule has 0 fully saturated rings. The van der Waals surface area contributed by atoms with E-state index in [2.05, 4.69) is 14.7 Å². The normalized spacial score (nSPS) is 10.8. The summed E-state index contributed by atoms with van der Waals surface area (Å²) in [6, 6.07) is 0. The molecule has 0 N–H and O–H groups in total. The van der Waals surface area contributed by atoms with E-state index in [0.717, 1.165) is 0 Å². The molecule has 0 aliphatic heterocycles. The summed E-state index contributed by atoms with van der Waals surface area (Å²) in [7, 11) is 1.30. The highest BCUT2D eigenvalue weighted by atomic mass is 16.6. The first kappa shape index (κ1) is 11.6. The molecular weight excluding hydrogens is 174 g/mol. The number of rotatable bonds is 5. The largest absolute Gasteiger partial charge is 0.461 e. The van der Waals surface area contributed by atoms with Gasteiger partial charge >= 0.3 is 5.97 Å². The van der Waals surface area contributed by atoms with E-state index in [0.29, 0.717) is 0 Å². The third kappa shape index (κ3) is 4.95. The van der Waals surface area contributed by atoms with Gasteiger partial charge in [0.1, 0.15) is 12.9 Å². The molecule has 0 radical (unpaired) electrons. The highest BCUT2D eigenvalue weighted by Crippen LogP contribution is 1.93. The van der Waals surface area contributed by atoms with Gasteiger partial charge in [0.05, 0.1) is 13.0 Å². The Morgan fingerprint density at radius 2 is 2.00 bits per heavy atom. The van der Waals surface area contributed by atoms with Gasteiger partial charge in [0.25, 0.3) is 0 Å². The van der Waals surface area contributed by atoms with Crippen LogP contribution in [-0.2, 0) is 19.2 Å². The van der Waals surface area contributed by atoms with Crippen LogP contribution in [0.1, 0.15) is 20.3 Å². The van der Waals surface area contributed by atoms with Crippen molar-refractivity contribution in [3.63, 3.8) is 0 Å². The highest BCUT2D eigenvalue weighted by molar-refractivity contribution is 6.39. The van der Waals surface area contributed by atoms with Crippen molar-refractivity contribution >= 4 is 17.5 Å². The van der Waals surface area contributed by atoms with Gasteiger partial charge in [-0.05, 0) is 13.8 Å². The highest BCUT2D eigenvalue weighted by Gasteiger charge is 2.15. The summed E-state index contributed by atoms with van der Waals surface area (Å²) >= 11 is 0. The van der Waals surface area contributed by atoms with Crippen molar-refractivity contribution in [1.29, 1.82) is 0 Å². The van der Waals surface area contributed by atoms with Crippen molar-refractivity contribution in [3.8, 4) is 0 Å². The monoisotopic (exact) mass is 187 g/mol. The van der Waals surface area contributed by atoms with Crippen LogP contribution in [0.3, 0.4) is 0 Å². The minimum absolute atomic E-state index is 0.00292. The lowest BCUT2D eigenvalue weighted by molar-refractivity contribution is -0.135. The molecule has 0 aliphatic rings. The van der Waals surface area contributed by atoms with Crippen LogP contribution in [0, 0.1) is 0 Å². The zero-order chi connectivity index (χ0) is 10.3. The maximum atomic E-state index is 11.1. The van der Waals surface area contributed by atoms with E-state index >= 15 is 0 Å². The van der Waals surface area contributed by atoms with Crippen LogP contribution in [0.4, 0.5) is 0 Å². The summed E-state index contributed by atoms with van der Waals surface area (Å²) in [5, 5.41) is 3.40. The molecule has 0 aromatic rings. The second kappa shape index (κ2) is 6.16. The number of Topliss-reactive ketones (excluding diaryl/α,β-unsaturated/α-hetero) is 1. The first-order chi connectivity index (χ1) is 6.11. The third-order valence-electron chi connectivity index (χ3n) is 1.13. The summed E-state index contributed by atoms with van der Waals surface area (Å²) in [5.41, 5.74) is -0.00292. The summed E-state index contributed by atoms with van der Waals surface area (Å²) in [4.78, 5) is 26.2. The molecule has 0 saturated heterocycles. The Morgan fingerprint density at radius 3 is 2.38 bits per heavy atom. The van der Waals surface area contributed by atoms with Crippen molar-refractivity contribution in [2.45, 2.75) is 20.3 Å². The molecule has 74 valence electrons. The summed E-state index contributed by atoms with van der Waals surface area (Å²) in [5.74, 6) is -0.775. The smallest absolute Gasteiger partial charge is 0.356 e. The van der Waals surface area contributed by atoms with Gasteiger partial charge in [0.2, 0.25) is 0 Å². The number of carbonyl (C=O) groups is 2. The lowest BCUT2D eigenvalue weighted by Crippen LogP contribution is -2.20.